The van der Waals surface area contributed by atoms with Crippen LogP contribution in [0.2, 0.25) is 0 Å². The average molecular weight is 283 g/mol. The van der Waals surface area contributed by atoms with Crippen molar-refractivity contribution >= 4 is 12.1 Å². The molecule has 1 saturated carbocycles. The van der Waals surface area contributed by atoms with E-state index in [-0.39, 0.29) is 18.7 Å². The molecule has 0 aromatic heterocycles. The van der Waals surface area contributed by atoms with Crippen LogP contribution in [0.5, 0.6) is 0 Å². The third kappa shape index (κ3) is 3.44. The summed E-state index contributed by atoms with van der Waals surface area (Å²) in [6.07, 6.45) is 4.57. The molecule has 1 N–H and O–H groups in total. The highest BCUT2D eigenvalue weighted by Crippen LogP contribution is 2.38. The molecule has 1 saturated heterocycles. The van der Waals surface area contributed by atoms with Gasteiger partial charge in [-0.15, -0.1) is 0 Å². The van der Waals surface area contributed by atoms with E-state index in [0.29, 0.717) is 12.3 Å². The quantitative estimate of drug-likeness (QED) is 0.803. The van der Waals surface area contributed by atoms with E-state index in [2.05, 4.69) is 0 Å². The Hall–Kier alpha value is -1.26. The van der Waals surface area contributed by atoms with Crippen molar-refractivity contribution in [1.29, 1.82) is 0 Å². The molecule has 0 aromatic carbocycles. The highest BCUT2D eigenvalue weighted by Gasteiger charge is 2.43. The number of ether oxygens (including phenoxy) is 1. The van der Waals surface area contributed by atoms with Crippen molar-refractivity contribution in [2.45, 2.75) is 64.5 Å². The number of carbonyl (C=O) groups excluding carboxylic acids is 1. The lowest BCUT2D eigenvalue weighted by atomic mass is 9.75. The zero-order valence-corrected chi connectivity index (χ0v) is 12.6. The van der Waals surface area contributed by atoms with Crippen LogP contribution in [0.4, 0.5) is 4.79 Å². The Balaban J connectivity index is 2.14. The van der Waals surface area contributed by atoms with Gasteiger partial charge in [0.2, 0.25) is 0 Å². The van der Waals surface area contributed by atoms with E-state index in [1.165, 1.54) is 0 Å². The minimum Gasteiger partial charge on any atom is -0.481 e. The molecule has 20 heavy (non-hydrogen) atoms. The van der Waals surface area contributed by atoms with E-state index >= 15 is 0 Å². The summed E-state index contributed by atoms with van der Waals surface area (Å²) < 4.78 is 5.45. The first kappa shape index (κ1) is 15.1. The van der Waals surface area contributed by atoms with Crippen LogP contribution >= 0.6 is 0 Å². The number of carboxylic acid groups (broad SMARTS) is 1. The van der Waals surface area contributed by atoms with E-state index in [4.69, 9.17) is 4.74 Å². The maximum atomic E-state index is 12.3. The molecule has 2 fully saturated rings. The van der Waals surface area contributed by atoms with Crippen LogP contribution in [0.3, 0.4) is 0 Å². The van der Waals surface area contributed by atoms with E-state index < -0.39 is 17.5 Å². The molecule has 2 aliphatic rings. The van der Waals surface area contributed by atoms with Gasteiger partial charge in [-0.05, 0) is 46.0 Å². The van der Waals surface area contributed by atoms with Gasteiger partial charge in [0.25, 0.3) is 0 Å². The topological polar surface area (TPSA) is 66.8 Å². The number of hydrogen-bond donors (Lipinski definition) is 1. The highest BCUT2D eigenvalue weighted by atomic mass is 16.6. The number of rotatable bonds is 1. The second-order valence-corrected chi connectivity index (χ2v) is 7.02. The SMILES string of the molecule is CC(C)(C)OC(=O)N1CC(C(=O)O)CC2CCCCC21. The second kappa shape index (κ2) is 5.62. The first-order valence-corrected chi connectivity index (χ1v) is 7.50. The molecule has 2 rings (SSSR count). The zero-order chi connectivity index (χ0) is 14.9. The van der Waals surface area contributed by atoms with Crippen molar-refractivity contribution in [2.75, 3.05) is 6.54 Å². The van der Waals surface area contributed by atoms with E-state index in [1.54, 1.807) is 4.90 Å². The van der Waals surface area contributed by atoms with Gasteiger partial charge in [-0.25, -0.2) is 4.79 Å². The van der Waals surface area contributed by atoms with Gasteiger partial charge in [0, 0.05) is 12.6 Å². The molecule has 0 bridgehead atoms. The van der Waals surface area contributed by atoms with Crippen molar-refractivity contribution in [1.82, 2.24) is 4.90 Å². The Bertz CT molecular complexity index is 388. The fraction of sp³-hybridized carbons (Fsp3) is 0.867. The lowest BCUT2D eigenvalue weighted by molar-refractivity contribution is -0.145. The summed E-state index contributed by atoms with van der Waals surface area (Å²) in [5.41, 5.74) is -0.544. The first-order chi connectivity index (χ1) is 9.28. The zero-order valence-electron chi connectivity index (χ0n) is 12.6. The molecule has 1 aliphatic carbocycles. The Labute approximate surface area is 120 Å². The highest BCUT2D eigenvalue weighted by molar-refractivity contribution is 5.73. The summed E-state index contributed by atoms with van der Waals surface area (Å²) >= 11 is 0. The second-order valence-electron chi connectivity index (χ2n) is 7.02. The summed E-state index contributed by atoms with van der Waals surface area (Å²) in [6.45, 7) is 5.79. The van der Waals surface area contributed by atoms with Gasteiger partial charge in [-0.1, -0.05) is 12.8 Å². The fourth-order valence-electron chi connectivity index (χ4n) is 3.40. The number of nitrogens with zero attached hydrogens (tertiary/aromatic N) is 1. The average Bonchev–Trinajstić information content (AvgIpc) is 2.35. The summed E-state index contributed by atoms with van der Waals surface area (Å²) in [4.78, 5) is 25.3. The minimum atomic E-state index is -0.803. The smallest absolute Gasteiger partial charge is 0.410 e. The molecular formula is C15H25NO4. The number of piperidine rings is 1. The van der Waals surface area contributed by atoms with Crippen LogP contribution in [-0.4, -0.2) is 40.3 Å². The van der Waals surface area contributed by atoms with E-state index in [1.807, 2.05) is 20.8 Å². The predicted molar refractivity (Wildman–Crippen MR) is 74.4 cm³/mol. The van der Waals surface area contributed by atoms with Crippen LogP contribution in [0.1, 0.15) is 52.9 Å². The molecule has 5 heteroatoms. The summed E-state index contributed by atoms with van der Waals surface area (Å²) in [5, 5.41) is 9.28. The van der Waals surface area contributed by atoms with Crippen LogP contribution in [0.25, 0.3) is 0 Å². The standard InChI is InChI=1S/C15H25NO4/c1-15(2,3)20-14(19)16-9-11(13(17)18)8-10-6-4-5-7-12(10)16/h10-12H,4-9H2,1-3H3,(H,17,18). The summed E-state index contributed by atoms with van der Waals surface area (Å²) in [5.74, 6) is -0.949. The van der Waals surface area contributed by atoms with Gasteiger partial charge >= 0.3 is 12.1 Å². The maximum Gasteiger partial charge on any atom is 0.410 e. The number of likely N-dealkylation sites (tertiary alicyclic amines) is 1. The molecule has 1 heterocycles. The number of aliphatic carboxylic acids is 1. The molecule has 114 valence electrons. The van der Waals surface area contributed by atoms with Gasteiger partial charge in [-0.3, -0.25) is 4.79 Å². The Morgan fingerprint density at radius 3 is 2.45 bits per heavy atom. The van der Waals surface area contributed by atoms with Crippen LogP contribution in [0, 0.1) is 11.8 Å². The van der Waals surface area contributed by atoms with Crippen molar-refractivity contribution in [2.24, 2.45) is 11.8 Å². The van der Waals surface area contributed by atoms with E-state index in [0.717, 1.165) is 25.7 Å². The van der Waals surface area contributed by atoms with E-state index in [9.17, 15) is 14.7 Å². The molecule has 3 atom stereocenters. The van der Waals surface area contributed by atoms with Crippen LogP contribution < -0.4 is 0 Å². The molecule has 3 unspecified atom stereocenters. The molecule has 0 aromatic rings. The molecule has 5 nitrogen and oxygen atoms in total. The molecular weight excluding hydrogens is 258 g/mol. The third-order valence-electron chi connectivity index (χ3n) is 4.25. The van der Waals surface area contributed by atoms with Gasteiger partial charge < -0.3 is 14.7 Å². The number of amides is 1. The lowest BCUT2D eigenvalue weighted by Crippen LogP contribution is -2.55. The summed E-state index contributed by atoms with van der Waals surface area (Å²) in [7, 11) is 0. The Morgan fingerprint density at radius 2 is 1.85 bits per heavy atom. The Kier molecular flexibility index (Phi) is 4.25. The molecule has 0 radical (unpaired) electrons. The van der Waals surface area contributed by atoms with Crippen LogP contribution in [-0.2, 0) is 9.53 Å². The first-order valence-electron chi connectivity index (χ1n) is 7.50. The monoisotopic (exact) mass is 283 g/mol. The lowest BCUT2D eigenvalue weighted by Gasteiger charge is -2.46. The Morgan fingerprint density at radius 1 is 1.20 bits per heavy atom. The summed E-state index contributed by atoms with van der Waals surface area (Å²) in [6, 6.07) is 0.161. The number of carbonyl (C=O) groups is 2. The number of carboxylic acids is 1. The minimum absolute atomic E-state index is 0.161. The molecule has 1 amide bonds. The maximum absolute atomic E-state index is 12.3. The fourth-order valence-corrected chi connectivity index (χ4v) is 3.40. The van der Waals surface area contributed by atoms with Crippen molar-refractivity contribution in [3.63, 3.8) is 0 Å². The largest absolute Gasteiger partial charge is 0.481 e. The van der Waals surface area contributed by atoms with Crippen molar-refractivity contribution in [3.05, 3.63) is 0 Å². The normalized spacial score (nSPS) is 30.6. The molecule has 1 aliphatic heterocycles. The van der Waals surface area contributed by atoms with Crippen LogP contribution in [0.15, 0.2) is 0 Å². The number of fused-ring (bicyclic) bond motifs is 1. The number of hydrogen-bond acceptors (Lipinski definition) is 3. The van der Waals surface area contributed by atoms with Crippen molar-refractivity contribution in [3.8, 4) is 0 Å². The van der Waals surface area contributed by atoms with Gasteiger partial charge in [0.1, 0.15) is 5.60 Å². The van der Waals surface area contributed by atoms with Crippen molar-refractivity contribution < 1.29 is 19.4 Å². The van der Waals surface area contributed by atoms with Gasteiger partial charge in [0.15, 0.2) is 0 Å². The molecule has 0 spiro atoms. The predicted octanol–water partition coefficient (Wildman–Crippen LogP) is 2.89. The van der Waals surface area contributed by atoms with Gasteiger partial charge in [0.05, 0.1) is 5.92 Å². The third-order valence-corrected chi connectivity index (χ3v) is 4.25. The van der Waals surface area contributed by atoms with Gasteiger partial charge in [-0.2, -0.15) is 0 Å².